The number of hydrogen-bond donors (Lipinski definition) is 3. The molecule has 0 aromatic heterocycles. The van der Waals surface area contributed by atoms with Gasteiger partial charge in [-0.1, -0.05) is 28.1 Å². The van der Waals surface area contributed by atoms with Gasteiger partial charge in [0.2, 0.25) is 0 Å². The molecule has 22 heavy (non-hydrogen) atoms. The number of nitrogens with two attached hydrogens (primary N) is 1. The topological polar surface area (TPSA) is 92.4 Å². The molecule has 1 unspecified atom stereocenters. The van der Waals surface area contributed by atoms with Gasteiger partial charge in [0.1, 0.15) is 5.82 Å². The van der Waals surface area contributed by atoms with Crippen LogP contribution < -0.4 is 11.1 Å². The van der Waals surface area contributed by atoms with Crippen LogP contribution in [0.1, 0.15) is 30.7 Å². The number of carbonyl (C=O) groups is 2. The van der Waals surface area contributed by atoms with E-state index in [1.54, 1.807) is 0 Å². The van der Waals surface area contributed by atoms with Gasteiger partial charge in [-0.25, -0.2) is 4.79 Å². The maximum Gasteiger partial charge on any atom is 0.336 e. The van der Waals surface area contributed by atoms with Crippen LogP contribution in [0, 0.1) is 0 Å². The van der Waals surface area contributed by atoms with Gasteiger partial charge in [-0.05, 0) is 30.5 Å². The fourth-order valence-electron chi connectivity index (χ4n) is 3.12. The molecule has 114 valence electrons. The fourth-order valence-corrected chi connectivity index (χ4v) is 3.53. The van der Waals surface area contributed by atoms with Crippen molar-refractivity contribution in [2.75, 3.05) is 0 Å². The SMILES string of the molecule is NC1=C(C(=O)O)C(c2cccc(Br)c2)C2=C(CCCC2=O)N1. The molecule has 6 heteroatoms. The van der Waals surface area contributed by atoms with E-state index in [2.05, 4.69) is 21.2 Å². The number of hydrogen-bond acceptors (Lipinski definition) is 4. The van der Waals surface area contributed by atoms with Gasteiger partial charge in [0.15, 0.2) is 5.78 Å². The summed E-state index contributed by atoms with van der Waals surface area (Å²) in [6.07, 6.45) is 1.91. The summed E-state index contributed by atoms with van der Waals surface area (Å²) >= 11 is 3.39. The van der Waals surface area contributed by atoms with Gasteiger partial charge in [-0.15, -0.1) is 0 Å². The second-order valence-electron chi connectivity index (χ2n) is 5.41. The zero-order chi connectivity index (χ0) is 15.9. The number of ketones is 1. The normalized spacial score (nSPS) is 21.5. The summed E-state index contributed by atoms with van der Waals surface area (Å²) in [5, 5.41) is 12.5. The Morgan fingerprint density at radius 3 is 2.82 bits per heavy atom. The van der Waals surface area contributed by atoms with Crippen molar-refractivity contribution in [2.24, 2.45) is 5.73 Å². The van der Waals surface area contributed by atoms with Crippen molar-refractivity contribution in [3.63, 3.8) is 0 Å². The van der Waals surface area contributed by atoms with Crippen molar-refractivity contribution >= 4 is 27.7 Å². The highest BCUT2D eigenvalue weighted by molar-refractivity contribution is 9.10. The third-order valence-corrected chi connectivity index (χ3v) is 4.51. The first-order valence-electron chi connectivity index (χ1n) is 7.00. The van der Waals surface area contributed by atoms with Crippen LogP contribution in [0.25, 0.3) is 0 Å². The molecule has 1 aliphatic heterocycles. The van der Waals surface area contributed by atoms with E-state index in [-0.39, 0.29) is 17.2 Å². The van der Waals surface area contributed by atoms with E-state index in [0.29, 0.717) is 18.4 Å². The molecule has 0 amide bonds. The predicted octanol–water partition coefficient (Wildman–Crippen LogP) is 2.40. The number of Topliss-reactive ketones (excluding diaryl/α,β-unsaturated/α-hetero) is 1. The van der Waals surface area contributed by atoms with Crippen LogP contribution in [0.5, 0.6) is 0 Å². The Morgan fingerprint density at radius 2 is 2.14 bits per heavy atom. The van der Waals surface area contributed by atoms with Crippen LogP contribution in [0.3, 0.4) is 0 Å². The lowest BCUT2D eigenvalue weighted by molar-refractivity contribution is -0.133. The van der Waals surface area contributed by atoms with Crippen LogP contribution in [-0.4, -0.2) is 16.9 Å². The number of halogens is 1. The number of aliphatic carboxylic acids is 1. The van der Waals surface area contributed by atoms with Gasteiger partial charge in [-0.3, -0.25) is 4.79 Å². The molecule has 4 N–H and O–H groups in total. The second-order valence-corrected chi connectivity index (χ2v) is 6.33. The van der Waals surface area contributed by atoms with Crippen LogP contribution in [0.4, 0.5) is 0 Å². The quantitative estimate of drug-likeness (QED) is 0.751. The van der Waals surface area contributed by atoms with Gasteiger partial charge < -0.3 is 16.2 Å². The van der Waals surface area contributed by atoms with E-state index < -0.39 is 11.9 Å². The first-order valence-corrected chi connectivity index (χ1v) is 7.80. The van der Waals surface area contributed by atoms with Crippen molar-refractivity contribution in [1.29, 1.82) is 0 Å². The summed E-state index contributed by atoms with van der Waals surface area (Å²) in [6.45, 7) is 0. The smallest absolute Gasteiger partial charge is 0.336 e. The van der Waals surface area contributed by atoms with Crippen LogP contribution in [0.2, 0.25) is 0 Å². The Balaban J connectivity index is 2.21. The molecule has 1 atom stereocenters. The monoisotopic (exact) mass is 362 g/mol. The van der Waals surface area contributed by atoms with Crippen molar-refractivity contribution in [2.45, 2.75) is 25.2 Å². The molecule has 0 spiro atoms. The number of carbonyl (C=O) groups excluding carboxylic acids is 1. The van der Waals surface area contributed by atoms with Gasteiger partial charge in [0, 0.05) is 22.2 Å². The van der Waals surface area contributed by atoms with Gasteiger partial charge in [0.25, 0.3) is 0 Å². The van der Waals surface area contributed by atoms with Crippen molar-refractivity contribution in [3.05, 3.63) is 57.0 Å². The number of allylic oxidation sites excluding steroid dienone is 2. The molecule has 3 rings (SSSR count). The predicted molar refractivity (Wildman–Crippen MR) is 84.8 cm³/mol. The van der Waals surface area contributed by atoms with Crippen molar-refractivity contribution < 1.29 is 14.7 Å². The third kappa shape index (κ3) is 2.43. The standard InChI is InChI=1S/C16H15BrN2O3/c17-9-4-1-3-8(7-9)12-13-10(5-2-6-11(13)20)19-15(18)14(12)16(21)22/h1,3-4,7,12,19H,2,5-6,18H2,(H,21,22). The molecule has 0 fully saturated rings. The van der Waals surface area contributed by atoms with E-state index in [1.165, 1.54) is 0 Å². The summed E-state index contributed by atoms with van der Waals surface area (Å²) in [5.41, 5.74) is 8.00. The molecule has 0 saturated carbocycles. The summed E-state index contributed by atoms with van der Waals surface area (Å²) in [5.74, 6) is -1.63. The average molecular weight is 363 g/mol. The van der Waals surface area contributed by atoms with Crippen molar-refractivity contribution in [1.82, 2.24) is 5.32 Å². The first-order chi connectivity index (χ1) is 10.5. The molecule has 1 aromatic carbocycles. The highest BCUT2D eigenvalue weighted by atomic mass is 79.9. The molecule has 0 bridgehead atoms. The summed E-state index contributed by atoms with van der Waals surface area (Å²) in [7, 11) is 0. The molecule has 1 heterocycles. The van der Waals surface area contributed by atoms with Gasteiger partial charge in [-0.2, -0.15) is 0 Å². The number of rotatable bonds is 2. The minimum Gasteiger partial charge on any atom is -0.478 e. The molecular formula is C16H15BrN2O3. The highest BCUT2D eigenvalue weighted by Gasteiger charge is 2.38. The van der Waals surface area contributed by atoms with E-state index in [4.69, 9.17) is 5.73 Å². The van der Waals surface area contributed by atoms with Crippen LogP contribution in [-0.2, 0) is 9.59 Å². The van der Waals surface area contributed by atoms with Crippen molar-refractivity contribution in [3.8, 4) is 0 Å². The first kappa shape index (κ1) is 14.8. The minimum atomic E-state index is -1.11. The summed E-state index contributed by atoms with van der Waals surface area (Å²) in [4.78, 5) is 24.1. The summed E-state index contributed by atoms with van der Waals surface area (Å²) < 4.78 is 0.831. The Bertz CT molecular complexity index is 737. The molecule has 1 aromatic rings. The number of dihydropyridines is 1. The van der Waals surface area contributed by atoms with Crippen LogP contribution >= 0.6 is 15.9 Å². The average Bonchev–Trinajstić information content (AvgIpc) is 2.45. The van der Waals surface area contributed by atoms with E-state index in [0.717, 1.165) is 22.2 Å². The Labute approximate surface area is 136 Å². The number of nitrogens with one attached hydrogen (secondary N) is 1. The Kier molecular flexibility index (Phi) is 3.78. The number of carboxylic acids is 1. The Morgan fingerprint density at radius 1 is 1.36 bits per heavy atom. The molecule has 2 aliphatic rings. The maximum atomic E-state index is 12.4. The van der Waals surface area contributed by atoms with Gasteiger partial charge in [0.05, 0.1) is 11.5 Å². The zero-order valence-corrected chi connectivity index (χ0v) is 13.3. The van der Waals surface area contributed by atoms with E-state index in [9.17, 15) is 14.7 Å². The number of carboxylic acid groups (broad SMARTS) is 1. The number of benzene rings is 1. The lowest BCUT2D eigenvalue weighted by Gasteiger charge is -2.33. The van der Waals surface area contributed by atoms with Gasteiger partial charge >= 0.3 is 5.97 Å². The maximum absolute atomic E-state index is 12.4. The lowest BCUT2D eigenvalue weighted by atomic mass is 9.76. The molecule has 1 aliphatic carbocycles. The zero-order valence-electron chi connectivity index (χ0n) is 11.7. The molecule has 0 saturated heterocycles. The van der Waals surface area contributed by atoms with E-state index in [1.807, 2.05) is 24.3 Å². The largest absolute Gasteiger partial charge is 0.478 e. The summed E-state index contributed by atoms with van der Waals surface area (Å²) in [6, 6.07) is 7.34. The second kappa shape index (κ2) is 5.61. The third-order valence-electron chi connectivity index (χ3n) is 4.02. The lowest BCUT2D eigenvalue weighted by Crippen LogP contribution is -2.37. The van der Waals surface area contributed by atoms with Crippen LogP contribution in [0.15, 0.2) is 51.4 Å². The van der Waals surface area contributed by atoms with E-state index >= 15 is 0 Å². The highest BCUT2D eigenvalue weighted by Crippen LogP contribution is 2.41. The minimum absolute atomic E-state index is 0.00928. The Hall–Kier alpha value is -2.08. The fraction of sp³-hybridized carbons (Fsp3) is 0.250. The molecule has 0 radical (unpaired) electrons. The molecule has 5 nitrogen and oxygen atoms in total. The molecular weight excluding hydrogens is 348 g/mol.